The minimum absolute atomic E-state index is 0.185. The average molecular weight is 210 g/mol. The summed E-state index contributed by atoms with van der Waals surface area (Å²) in [5.41, 5.74) is 0.234. The smallest absolute Gasteiger partial charge is 0.169 e. The Labute approximate surface area is 90.1 Å². The Balaban J connectivity index is 1.84. The van der Waals surface area contributed by atoms with Crippen molar-refractivity contribution in [1.29, 1.82) is 0 Å². The van der Waals surface area contributed by atoms with Crippen molar-refractivity contribution in [3.05, 3.63) is 0 Å². The van der Waals surface area contributed by atoms with Gasteiger partial charge in [-0.25, -0.2) is 0 Å². The molecule has 2 atom stereocenters. The van der Waals surface area contributed by atoms with Gasteiger partial charge in [0.25, 0.3) is 0 Å². The van der Waals surface area contributed by atoms with Crippen LogP contribution in [0.4, 0.5) is 0 Å². The third-order valence-electron chi connectivity index (χ3n) is 4.58. The van der Waals surface area contributed by atoms with E-state index in [1.807, 2.05) is 0 Å². The van der Waals surface area contributed by atoms with E-state index >= 15 is 0 Å². The third-order valence-corrected chi connectivity index (χ3v) is 4.58. The summed E-state index contributed by atoms with van der Waals surface area (Å²) in [6, 6.07) is 0. The zero-order valence-corrected chi connectivity index (χ0v) is 9.25. The van der Waals surface area contributed by atoms with Crippen molar-refractivity contribution < 1.29 is 14.3 Å². The molecule has 1 spiro atoms. The van der Waals surface area contributed by atoms with Crippen molar-refractivity contribution in [3.8, 4) is 0 Å². The molecular weight excluding hydrogens is 192 g/mol. The van der Waals surface area contributed by atoms with Crippen molar-refractivity contribution in [2.24, 2.45) is 11.3 Å². The minimum Gasteiger partial charge on any atom is -0.348 e. The van der Waals surface area contributed by atoms with Crippen LogP contribution in [0.25, 0.3) is 0 Å². The van der Waals surface area contributed by atoms with E-state index in [0.29, 0.717) is 19.0 Å². The van der Waals surface area contributed by atoms with E-state index in [2.05, 4.69) is 6.92 Å². The number of carbonyl (C=O) groups excluding carboxylic acids is 1. The maximum absolute atomic E-state index is 11.8. The van der Waals surface area contributed by atoms with Crippen LogP contribution >= 0.6 is 0 Å². The monoisotopic (exact) mass is 210 g/mol. The summed E-state index contributed by atoms with van der Waals surface area (Å²) in [6.07, 6.45) is 4.66. The van der Waals surface area contributed by atoms with Gasteiger partial charge in [-0.05, 0) is 18.3 Å². The summed E-state index contributed by atoms with van der Waals surface area (Å²) in [5.74, 6) is 0.213. The number of rotatable bonds is 0. The van der Waals surface area contributed by atoms with Gasteiger partial charge in [-0.3, -0.25) is 4.79 Å². The first kappa shape index (κ1) is 9.79. The predicted octanol–water partition coefficient (Wildman–Crippen LogP) is 1.90. The minimum atomic E-state index is -0.399. The van der Waals surface area contributed by atoms with E-state index in [1.54, 1.807) is 0 Å². The molecule has 0 N–H and O–H groups in total. The maximum atomic E-state index is 11.8. The molecule has 0 bridgehead atoms. The molecule has 3 aliphatic rings. The third kappa shape index (κ3) is 1.36. The number of hydrogen-bond donors (Lipinski definition) is 0. The van der Waals surface area contributed by atoms with Crippen LogP contribution in [0.1, 0.15) is 39.0 Å². The van der Waals surface area contributed by atoms with E-state index in [0.717, 1.165) is 32.1 Å². The van der Waals surface area contributed by atoms with E-state index in [9.17, 15) is 4.79 Å². The highest BCUT2D eigenvalue weighted by atomic mass is 16.7. The average Bonchev–Trinajstić information content (AvgIpc) is 2.78. The molecular formula is C12H18O3. The first-order chi connectivity index (χ1) is 7.14. The number of fused-ring (bicyclic) bond motifs is 1. The van der Waals surface area contributed by atoms with Crippen molar-refractivity contribution in [2.75, 3.05) is 13.2 Å². The second-order valence-corrected chi connectivity index (χ2v) is 5.48. The second kappa shape index (κ2) is 3.05. The lowest BCUT2D eigenvalue weighted by Gasteiger charge is -2.43. The molecule has 0 unspecified atom stereocenters. The topological polar surface area (TPSA) is 35.5 Å². The fourth-order valence-corrected chi connectivity index (χ4v) is 3.45. The lowest BCUT2D eigenvalue weighted by Crippen LogP contribution is -2.44. The van der Waals surface area contributed by atoms with Gasteiger partial charge in [0.2, 0.25) is 0 Å². The van der Waals surface area contributed by atoms with Gasteiger partial charge in [-0.15, -0.1) is 0 Å². The summed E-state index contributed by atoms with van der Waals surface area (Å²) >= 11 is 0. The summed E-state index contributed by atoms with van der Waals surface area (Å²) in [6.45, 7) is 3.64. The van der Waals surface area contributed by atoms with Crippen LogP contribution in [-0.2, 0) is 14.3 Å². The van der Waals surface area contributed by atoms with Crippen LogP contribution in [0.5, 0.6) is 0 Å². The fraction of sp³-hybridized carbons (Fsp3) is 0.917. The second-order valence-electron chi connectivity index (χ2n) is 5.48. The summed E-state index contributed by atoms with van der Waals surface area (Å²) in [7, 11) is 0. The van der Waals surface area contributed by atoms with Gasteiger partial charge in [0.05, 0.1) is 13.2 Å². The molecule has 84 valence electrons. The van der Waals surface area contributed by atoms with E-state index in [4.69, 9.17) is 9.47 Å². The van der Waals surface area contributed by atoms with Gasteiger partial charge >= 0.3 is 0 Å². The molecule has 3 heteroatoms. The van der Waals surface area contributed by atoms with E-state index in [1.165, 1.54) is 0 Å². The number of ketones is 1. The van der Waals surface area contributed by atoms with Crippen LogP contribution in [-0.4, -0.2) is 24.8 Å². The quantitative estimate of drug-likeness (QED) is 0.612. The molecule has 0 aromatic rings. The van der Waals surface area contributed by atoms with Crippen LogP contribution in [0.2, 0.25) is 0 Å². The first-order valence-electron chi connectivity index (χ1n) is 5.94. The maximum Gasteiger partial charge on any atom is 0.169 e. The van der Waals surface area contributed by atoms with Gasteiger partial charge in [0.15, 0.2) is 5.79 Å². The van der Waals surface area contributed by atoms with Crippen LogP contribution in [0, 0.1) is 11.3 Å². The van der Waals surface area contributed by atoms with Gasteiger partial charge in [0.1, 0.15) is 5.78 Å². The standard InChI is InChI=1S/C12H18O3/c1-11-3-2-10(13)9(11)8-12(5-4-11)14-6-7-15-12/h9H,2-8H2,1H3/t9-,11+/m0/s1. The Morgan fingerprint density at radius 1 is 1.20 bits per heavy atom. The molecule has 0 radical (unpaired) electrons. The number of Topliss-reactive ketones (excluding diaryl/α,β-unsaturated/α-hetero) is 1. The molecule has 1 heterocycles. The highest BCUT2D eigenvalue weighted by molar-refractivity contribution is 5.84. The lowest BCUT2D eigenvalue weighted by molar-refractivity contribution is -0.202. The highest BCUT2D eigenvalue weighted by Gasteiger charge is 2.54. The molecule has 3 rings (SSSR count). The molecule has 2 aliphatic carbocycles. The highest BCUT2D eigenvalue weighted by Crippen LogP contribution is 2.54. The molecule has 1 aliphatic heterocycles. The largest absolute Gasteiger partial charge is 0.348 e. The van der Waals surface area contributed by atoms with E-state index in [-0.39, 0.29) is 11.3 Å². The summed E-state index contributed by atoms with van der Waals surface area (Å²) < 4.78 is 11.4. The Morgan fingerprint density at radius 3 is 2.67 bits per heavy atom. The van der Waals surface area contributed by atoms with Gasteiger partial charge < -0.3 is 9.47 Å². The Kier molecular flexibility index (Phi) is 1.99. The summed E-state index contributed by atoms with van der Waals surface area (Å²) in [4.78, 5) is 11.8. The molecule has 0 aromatic carbocycles. The molecule has 2 saturated carbocycles. The van der Waals surface area contributed by atoms with Gasteiger partial charge in [-0.2, -0.15) is 0 Å². The molecule has 3 nitrogen and oxygen atoms in total. The molecule has 0 aromatic heterocycles. The molecule has 1 saturated heterocycles. The van der Waals surface area contributed by atoms with Crippen molar-refractivity contribution in [2.45, 2.75) is 44.8 Å². The lowest BCUT2D eigenvalue weighted by atomic mass is 9.67. The predicted molar refractivity (Wildman–Crippen MR) is 54.3 cm³/mol. The van der Waals surface area contributed by atoms with Crippen molar-refractivity contribution in [3.63, 3.8) is 0 Å². The zero-order chi connectivity index (χ0) is 10.5. The zero-order valence-electron chi connectivity index (χ0n) is 9.25. The van der Waals surface area contributed by atoms with E-state index < -0.39 is 5.79 Å². The Hall–Kier alpha value is -0.410. The summed E-state index contributed by atoms with van der Waals surface area (Å²) in [5, 5.41) is 0. The van der Waals surface area contributed by atoms with Gasteiger partial charge in [-0.1, -0.05) is 6.92 Å². The SMILES string of the molecule is C[C@]12CCC(=O)[C@@H]1CC1(CC2)OCCO1. The first-order valence-corrected chi connectivity index (χ1v) is 5.94. The molecule has 3 fully saturated rings. The molecule has 0 amide bonds. The van der Waals surface area contributed by atoms with Crippen molar-refractivity contribution >= 4 is 5.78 Å². The number of ether oxygens (including phenoxy) is 2. The number of hydrogen-bond acceptors (Lipinski definition) is 3. The van der Waals surface area contributed by atoms with Crippen LogP contribution < -0.4 is 0 Å². The van der Waals surface area contributed by atoms with Crippen molar-refractivity contribution in [1.82, 2.24) is 0 Å². The normalized spacial score (nSPS) is 43.5. The van der Waals surface area contributed by atoms with Crippen LogP contribution in [0.15, 0.2) is 0 Å². The molecule has 15 heavy (non-hydrogen) atoms. The Morgan fingerprint density at radius 2 is 1.93 bits per heavy atom. The Bertz CT molecular complexity index is 293. The van der Waals surface area contributed by atoms with Gasteiger partial charge in [0, 0.05) is 25.2 Å². The number of carbonyl (C=O) groups is 1. The van der Waals surface area contributed by atoms with Crippen LogP contribution in [0.3, 0.4) is 0 Å². The fourth-order valence-electron chi connectivity index (χ4n) is 3.45.